The van der Waals surface area contributed by atoms with E-state index in [0.717, 1.165) is 5.56 Å². The van der Waals surface area contributed by atoms with Gasteiger partial charge in [0, 0.05) is 5.56 Å². The van der Waals surface area contributed by atoms with Crippen molar-refractivity contribution in [2.24, 2.45) is 0 Å². The molecule has 0 N–H and O–H groups in total. The van der Waals surface area contributed by atoms with E-state index < -0.39 is 10.0 Å². The lowest BCUT2D eigenvalue weighted by molar-refractivity contribution is 0.352. The Morgan fingerprint density at radius 3 is 2.38 bits per heavy atom. The number of benzene rings is 2. The van der Waals surface area contributed by atoms with Gasteiger partial charge >= 0.3 is 0 Å². The number of hydrogen-bond donors (Lipinski definition) is 0. The number of nitrogens with zero attached hydrogens (tertiary/aromatic N) is 1. The lowest BCUT2D eigenvalue weighted by atomic mass is 10.1. The average Bonchev–Trinajstić information content (AvgIpc) is 2.84. The molecule has 3 rings (SSSR count). The fourth-order valence-corrected chi connectivity index (χ4v) is 4.30. The van der Waals surface area contributed by atoms with Gasteiger partial charge < -0.3 is 9.47 Å². The first kappa shape index (κ1) is 16.4. The summed E-state index contributed by atoms with van der Waals surface area (Å²) in [7, 11) is -0.535. The zero-order chi connectivity index (χ0) is 17.2. The van der Waals surface area contributed by atoms with Crippen molar-refractivity contribution in [1.29, 1.82) is 0 Å². The molecule has 126 valence electrons. The molecule has 0 fully saturated rings. The van der Waals surface area contributed by atoms with Gasteiger partial charge in [-0.25, -0.2) is 8.42 Å². The molecule has 1 aliphatic heterocycles. The Bertz CT molecular complexity index is 860. The Morgan fingerprint density at radius 2 is 1.71 bits per heavy atom. The molecule has 0 aromatic heterocycles. The molecule has 6 heteroatoms. The Morgan fingerprint density at radius 1 is 0.958 bits per heavy atom. The van der Waals surface area contributed by atoms with Gasteiger partial charge in [0.05, 0.1) is 31.3 Å². The van der Waals surface area contributed by atoms with E-state index in [1.54, 1.807) is 56.7 Å². The number of anilines is 1. The summed E-state index contributed by atoms with van der Waals surface area (Å²) in [5.41, 5.74) is 1.41. The van der Waals surface area contributed by atoms with E-state index in [2.05, 4.69) is 0 Å². The second-order valence-electron chi connectivity index (χ2n) is 5.32. The molecule has 2 aromatic carbocycles. The van der Waals surface area contributed by atoms with Crippen molar-refractivity contribution < 1.29 is 17.9 Å². The van der Waals surface area contributed by atoms with Crippen LogP contribution in [0.15, 0.2) is 59.5 Å². The van der Waals surface area contributed by atoms with Crippen LogP contribution in [0.1, 0.15) is 5.56 Å². The number of methoxy groups -OCH3 is 2. The topological polar surface area (TPSA) is 55.8 Å². The second-order valence-corrected chi connectivity index (χ2v) is 7.19. The highest BCUT2D eigenvalue weighted by atomic mass is 32.2. The first-order valence-electron chi connectivity index (χ1n) is 7.56. The highest BCUT2D eigenvalue weighted by Gasteiger charge is 2.29. The summed E-state index contributed by atoms with van der Waals surface area (Å²) in [6, 6.07) is 11.9. The van der Waals surface area contributed by atoms with Gasteiger partial charge in [0.25, 0.3) is 10.0 Å². The van der Waals surface area contributed by atoms with E-state index in [9.17, 15) is 8.42 Å². The predicted molar refractivity (Wildman–Crippen MR) is 93.4 cm³/mol. The highest BCUT2D eigenvalue weighted by molar-refractivity contribution is 7.92. The van der Waals surface area contributed by atoms with E-state index in [4.69, 9.17) is 9.47 Å². The molecule has 0 aliphatic carbocycles. The van der Waals surface area contributed by atoms with E-state index in [1.165, 1.54) is 4.31 Å². The maximum absolute atomic E-state index is 13.1. The monoisotopic (exact) mass is 345 g/mol. The summed E-state index contributed by atoms with van der Waals surface area (Å²) in [6.07, 6.45) is 4.38. The van der Waals surface area contributed by atoms with Gasteiger partial charge in [-0.2, -0.15) is 0 Å². The fourth-order valence-electron chi connectivity index (χ4n) is 2.83. The van der Waals surface area contributed by atoms with Crippen LogP contribution in [0, 0.1) is 0 Å². The van der Waals surface area contributed by atoms with Gasteiger partial charge in [0.1, 0.15) is 0 Å². The molecular formula is C18H19NO4S. The van der Waals surface area contributed by atoms with Crippen molar-refractivity contribution in [1.82, 2.24) is 0 Å². The summed E-state index contributed by atoms with van der Waals surface area (Å²) in [5, 5.41) is 0. The van der Waals surface area contributed by atoms with Crippen LogP contribution in [0.3, 0.4) is 0 Å². The summed E-state index contributed by atoms with van der Waals surface area (Å²) in [4.78, 5) is 0.265. The van der Waals surface area contributed by atoms with Gasteiger partial charge in [-0.1, -0.05) is 30.4 Å². The van der Waals surface area contributed by atoms with Crippen molar-refractivity contribution in [2.45, 2.75) is 11.3 Å². The van der Waals surface area contributed by atoms with Gasteiger partial charge in [-0.3, -0.25) is 4.31 Å². The zero-order valence-corrected chi connectivity index (χ0v) is 14.4. The summed E-state index contributed by atoms with van der Waals surface area (Å²) in [6.45, 7) is 0.277. The number of rotatable bonds is 4. The van der Waals surface area contributed by atoms with Crippen LogP contribution >= 0.6 is 0 Å². The normalized spacial score (nSPS) is 14.0. The average molecular weight is 345 g/mol. The highest BCUT2D eigenvalue weighted by Crippen LogP contribution is 2.40. The van der Waals surface area contributed by atoms with Gasteiger partial charge in [0.15, 0.2) is 11.5 Å². The molecule has 1 aliphatic rings. The quantitative estimate of drug-likeness (QED) is 0.800. The molecule has 0 radical (unpaired) electrons. The van der Waals surface area contributed by atoms with Crippen molar-refractivity contribution in [2.75, 3.05) is 25.1 Å². The SMILES string of the molecule is COc1ccc2c(c1OC)CC=CCN2S(=O)(=O)c1ccccc1. The van der Waals surface area contributed by atoms with Crippen LogP contribution in [0.5, 0.6) is 11.5 Å². The van der Waals surface area contributed by atoms with Crippen molar-refractivity contribution >= 4 is 15.7 Å². The zero-order valence-electron chi connectivity index (χ0n) is 13.6. The number of sulfonamides is 1. The fraction of sp³-hybridized carbons (Fsp3) is 0.222. The number of hydrogen-bond acceptors (Lipinski definition) is 4. The van der Waals surface area contributed by atoms with Crippen LogP contribution in [-0.4, -0.2) is 29.2 Å². The summed E-state index contributed by atoms with van der Waals surface area (Å²) < 4.78 is 38.4. The Labute approximate surface area is 142 Å². The second kappa shape index (κ2) is 6.57. The molecule has 0 saturated heterocycles. The van der Waals surface area contributed by atoms with Crippen molar-refractivity contribution in [3.05, 3.63) is 60.2 Å². The molecule has 1 heterocycles. The molecule has 0 spiro atoms. The van der Waals surface area contributed by atoms with E-state index >= 15 is 0 Å². The molecule has 0 amide bonds. The first-order chi connectivity index (χ1) is 11.6. The molecule has 5 nitrogen and oxygen atoms in total. The van der Waals surface area contributed by atoms with E-state index in [0.29, 0.717) is 23.6 Å². The predicted octanol–water partition coefficient (Wildman–Crippen LogP) is 3.01. The number of fused-ring (bicyclic) bond motifs is 1. The van der Waals surface area contributed by atoms with Crippen molar-refractivity contribution in [3.8, 4) is 11.5 Å². The summed E-state index contributed by atoms with van der Waals surface area (Å²) in [5.74, 6) is 1.15. The van der Waals surface area contributed by atoms with E-state index in [-0.39, 0.29) is 11.4 Å². The Balaban J connectivity index is 2.18. The van der Waals surface area contributed by atoms with Crippen LogP contribution in [0.25, 0.3) is 0 Å². The Hall–Kier alpha value is -2.47. The largest absolute Gasteiger partial charge is 0.493 e. The van der Waals surface area contributed by atoms with Crippen LogP contribution < -0.4 is 13.8 Å². The lowest BCUT2D eigenvalue weighted by Crippen LogP contribution is -2.31. The Kier molecular flexibility index (Phi) is 4.49. The van der Waals surface area contributed by atoms with Crippen LogP contribution in [0.4, 0.5) is 5.69 Å². The molecule has 24 heavy (non-hydrogen) atoms. The van der Waals surface area contributed by atoms with Gasteiger partial charge in [-0.05, 0) is 30.7 Å². The van der Waals surface area contributed by atoms with Gasteiger partial charge in [-0.15, -0.1) is 0 Å². The summed E-state index contributed by atoms with van der Waals surface area (Å²) >= 11 is 0. The molecular weight excluding hydrogens is 326 g/mol. The smallest absolute Gasteiger partial charge is 0.264 e. The molecule has 2 aromatic rings. The third-order valence-corrected chi connectivity index (χ3v) is 5.78. The minimum atomic E-state index is -3.66. The molecule has 0 unspecified atom stereocenters. The third-order valence-electron chi connectivity index (χ3n) is 3.98. The van der Waals surface area contributed by atoms with Crippen molar-refractivity contribution in [3.63, 3.8) is 0 Å². The molecule has 0 saturated carbocycles. The standard InChI is InChI=1S/C18H19NO4S/c1-22-17-12-11-16-15(18(17)23-2)10-6-7-13-19(16)24(20,21)14-8-4-3-5-9-14/h3-9,11-12H,10,13H2,1-2H3. The third kappa shape index (κ3) is 2.73. The number of ether oxygens (including phenoxy) is 2. The minimum absolute atomic E-state index is 0.265. The minimum Gasteiger partial charge on any atom is -0.493 e. The van der Waals surface area contributed by atoms with Gasteiger partial charge in [0.2, 0.25) is 0 Å². The maximum atomic E-state index is 13.1. The van der Waals surface area contributed by atoms with Crippen LogP contribution in [0.2, 0.25) is 0 Å². The lowest BCUT2D eigenvalue weighted by Gasteiger charge is -2.25. The number of allylic oxidation sites excluding steroid dienone is 1. The first-order valence-corrected chi connectivity index (χ1v) is 9.00. The van der Waals surface area contributed by atoms with E-state index in [1.807, 2.05) is 12.2 Å². The molecule has 0 atom stereocenters. The maximum Gasteiger partial charge on any atom is 0.264 e. The molecule has 0 bridgehead atoms. The van der Waals surface area contributed by atoms with Crippen LogP contribution in [-0.2, 0) is 16.4 Å².